The Morgan fingerprint density at radius 1 is 1.17 bits per heavy atom. The van der Waals surface area contributed by atoms with Crippen molar-refractivity contribution in [2.75, 3.05) is 13.2 Å². The van der Waals surface area contributed by atoms with Gasteiger partial charge >= 0.3 is 16.8 Å². The minimum Gasteiger partial charge on any atom is -0.822 e. The Balaban J connectivity index is -0.000000126. The molecule has 0 aromatic rings. The van der Waals surface area contributed by atoms with Crippen LogP contribution in [0, 0.1) is 0 Å². The van der Waals surface area contributed by atoms with Crippen molar-refractivity contribution in [3.63, 3.8) is 0 Å². The summed E-state index contributed by atoms with van der Waals surface area (Å²) in [4.78, 5) is 25.6. The van der Waals surface area contributed by atoms with Crippen LogP contribution < -0.4 is 14.7 Å². The molecule has 0 amide bonds. The van der Waals surface area contributed by atoms with Gasteiger partial charge in [0.2, 0.25) is 0 Å². The van der Waals surface area contributed by atoms with E-state index >= 15 is 0 Å². The second kappa shape index (κ2) is 9.58. The van der Waals surface area contributed by atoms with Crippen molar-refractivity contribution in [1.82, 2.24) is 0 Å². The van der Waals surface area contributed by atoms with Gasteiger partial charge in [-0.15, -0.1) is 0 Å². The van der Waals surface area contributed by atoms with Gasteiger partial charge in [0.05, 0.1) is 13.2 Å². The van der Waals surface area contributed by atoms with Crippen molar-refractivity contribution < 1.29 is 51.3 Å². The van der Waals surface area contributed by atoms with Gasteiger partial charge in [-0.2, -0.15) is 7.82 Å². The van der Waals surface area contributed by atoms with Gasteiger partial charge in [0.25, 0.3) is 0 Å². The number of rotatable bonds is 2. The minimum absolute atomic E-state index is 0. The molecule has 0 aliphatic carbocycles. The molecule has 0 aromatic heterocycles. The number of hydrogen-bond donors (Lipinski definition) is 3. The molecule has 0 rings (SSSR count). The molecule has 0 bridgehead atoms. The van der Waals surface area contributed by atoms with Gasteiger partial charge in [-0.1, -0.05) is 0 Å². The van der Waals surface area contributed by atoms with Gasteiger partial charge in [0.15, 0.2) is 0 Å². The van der Waals surface area contributed by atoms with Crippen LogP contribution in [0.5, 0.6) is 0 Å². The SMILES string of the molecule is O=P([O-])([O-])[O-].OCC(O)CO.[Co+3]. The first kappa shape index (κ1) is 18.3. The van der Waals surface area contributed by atoms with Crippen LogP contribution in [0.15, 0.2) is 0 Å². The van der Waals surface area contributed by atoms with Gasteiger partial charge in [0.1, 0.15) is 6.10 Å². The van der Waals surface area contributed by atoms with E-state index in [1.165, 1.54) is 0 Å². The van der Waals surface area contributed by atoms with E-state index in [4.69, 9.17) is 34.6 Å². The largest absolute Gasteiger partial charge is 3.00 e. The third kappa shape index (κ3) is 46.8. The molecule has 0 fully saturated rings. The van der Waals surface area contributed by atoms with Crippen molar-refractivity contribution in [1.29, 1.82) is 0 Å². The summed E-state index contributed by atoms with van der Waals surface area (Å²) in [7, 11) is -5.39. The molecule has 0 saturated heterocycles. The Bertz CT molecular complexity index is 112. The Hall–Kier alpha value is 0.496. The van der Waals surface area contributed by atoms with Crippen LogP contribution in [0.1, 0.15) is 0 Å². The van der Waals surface area contributed by atoms with Crippen LogP contribution in [-0.4, -0.2) is 34.6 Å². The summed E-state index contributed by atoms with van der Waals surface area (Å²) in [6.07, 6.45) is -0.954. The van der Waals surface area contributed by atoms with Crippen molar-refractivity contribution in [3.8, 4) is 0 Å². The first-order valence-electron chi connectivity index (χ1n) is 2.44. The molecule has 0 radical (unpaired) electrons. The zero-order valence-electron chi connectivity index (χ0n) is 5.75. The van der Waals surface area contributed by atoms with Crippen LogP contribution >= 0.6 is 7.82 Å². The van der Waals surface area contributed by atoms with E-state index in [0.29, 0.717) is 0 Å². The summed E-state index contributed by atoms with van der Waals surface area (Å²) >= 11 is 0. The standard InChI is InChI=1S/C3H8O3.Co.H3O4P/c4-1-3(6)2-5;;1-5(2,3)4/h3-6H,1-2H2;;(H3,1,2,3,4)/q;+3;/p-3. The Labute approximate surface area is 79.1 Å². The fourth-order valence-corrected chi connectivity index (χ4v) is 0.0577. The van der Waals surface area contributed by atoms with Crippen LogP contribution in [0.4, 0.5) is 0 Å². The average molecular weight is 246 g/mol. The zero-order chi connectivity index (χ0) is 9.49. The van der Waals surface area contributed by atoms with Gasteiger partial charge in [0, 0.05) is 0 Å². The predicted octanol–water partition coefficient (Wildman–Crippen LogP) is -4.50. The average Bonchev–Trinajstić information content (AvgIpc) is 1.83. The molecule has 0 unspecified atom stereocenters. The molecule has 0 heterocycles. The molecule has 0 spiro atoms. The van der Waals surface area contributed by atoms with E-state index in [0.717, 1.165) is 0 Å². The topological polar surface area (TPSA) is 147 Å². The predicted molar refractivity (Wildman–Crippen MR) is 27.8 cm³/mol. The smallest absolute Gasteiger partial charge is 0.822 e. The maximum atomic E-state index is 8.55. The molecule has 9 heteroatoms. The summed E-state index contributed by atoms with van der Waals surface area (Å²) in [6.45, 7) is -0.729. The Morgan fingerprint density at radius 2 is 1.33 bits per heavy atom. The molecule has 0 saturated carbocycles. The third-order valence-electron chi connectivity index (χ3n) is 0.421. The number of phosphoric acid groups is 1. The van der Waals surface area contributed by atoms with Crippen LogP contribution in [0.3, 0.4) is 0 Å². The zero-order valence-corrected chi connectivity index (χ0v) is 7.68. The Kier molecular flexibility index (Phi) is 14.6. The van der Waals surface area contributed by atoms with Crippen LogP contribution in [0.25, 0.3) is 0 Å². The quantitative estimate of drug-likeness (QED) is 0.416. The fourth-order valence-electron chi connectivity index (χ4n) is 0.0577. The van der Waals surface area contributed by atoms with Crippen molar-refractivity contribution in [3.05, 3.63) is 0 Å². The van der Waals surface area contributed by atoms with Crippen molar-refractivity contribution >= 4 is 7.82 Å². The number of aliphatic hydroxyl groups excluding tert-OH is 3. The summed E-state index contributed by atoms with van der Waals surface area (Å²) in [6, 6.07) is 0. The molecule has 0 atom stereocenters. The van der Waals surface area contributed by atoms with Crippen molar-refractivity contribution in [2.24, 2.45) is 0 Å². The van der Waals surface area contributed by atoms with E-state index in [-0.39, 0.29) is 30.0 Å². The fraction of sp³-hybridized carbons (Fsp3) is 1.00. The number of hydrogen-bond acceptors (Lipinski definition) is 7. The molecule has 76 valence electrons. The van der Waals surface area contributed by atoms with E-state index < -0.39 is 13.9 Å². The summed E-state index contributed by atoms with van der Waals surface area (Å²) in [5, 5.41) is 24.0. The molecule has 0 aliphatic rings. The van der Waals surface area contributed by atoms with Gasteiger partial charge in [-0.25, -0.2) is 0 Å². The van der Waals surface area contributed by atoms with Gasteiger partial charge in [-0.05, 0) is 0 Å². The molecule has 12 heavy (non-hydrogen) atoms. The molecular formula is C3H8CoO7P. The minimum atomic E-state index is -5.39. The van der Waals surface area contributed by atoms with E-state index in [1.54, 1.807) is 0 Å². The molecule has 0 aromatic carbocycles. The maximum Gasteiger partial charge on any atom is 3.00 e. The van der Waals surface area contributed by atoms with Crippen molar-refractivity contribution in [2.45, 2.75) is 6.10 Å². The molecule has 3 N–H and O–H groups in total. The van der Waals surface area contributed by atoms with Gasteiger partial charge in [-0.3, -0.25) is 0 Å². The second-order valence-electron chi connectivity index (χ2n) is 1.47. The van der Waals surface area contributed by atoms with E-state index in [9.17, 15) is 0 Å². The van der Waals surface area contributed by atoms with Gasteiger partial charge < -0.3 is 34.6 Å². The molecule has 7 nitrogen and oxygen atoms in total. The Morgan fingerprint density at radius 3 is 1.33 bits per heavy atom. The maximum absolute atomic E-state index is 8.55. The second-order valence-corrected chi connectivity index (χ2v) is 2.36. The summed E-state index contributed by atoms with van der Waals surface area (Å²) < 4.78 is 8.55. The normalized spacial score (nSPS) is 9.92. The van der Waals surface area contributed by atoms with E-state index in [1.807, 2.05) is 0 Å². The van der Waals surface area contributed by atoms with Crippen LogP contribution in [-0.2, 0) is 21.3 Å². The number of aliphatic hydroxyl groups is 3. The first-order chi connectivity index (χ1) is 4.81. The van der Waals surface area contributed by atoms with E-state index in [2.05, 4.69) is 0 Å². The monoisotopic (exact) mass is 246 g/mol. The summed E-state index contributed by atoms with van der Waals surface area (Å²) in [5.41, 5.74) is 0. The first-order valence-corrected chi connectivity index (χ1v) is 3.90. The summed E-state index contributed by atoms with van der Waals surface area (Å²) in [5.74, 6) is 0. The molecule has 0 aliphatic heterocycles. The molecular weight excluding hydrogens is 238 g/mol. The third-order valence-corrected chi connectivity index (χ3v) is 0.421. The van der Waals surface area contributed by atoms with Crippen LogP contribution in [0.2, 0.25) is 0 Å².